The van der Waals surface area contributed by atoms with E-state index in [0.717, 1.165) is 28.0 Å². The van der Waals surface area contributed by atoms with Gasteiger partial charge in [0.05, 0.1) is 26.9 Å². The minimum Gasteiger partial charge on any atom is -0.508 e. The van der Waals surface area contributed by atoms with Crippen LogP contribution in [0.2, 0.25) is 0 Å². The number of phenols is 1. The zero-order valence-corrected chi connectivity index (χ0v) is 19.8. The summed E-state index contributed by atoms with van der Waals surface area (Å²) in [6, 6.07) is 18.5. The van der Waals surface area contributed by atoms with Gasteiger partial charge in [-0.15, -0.1) is 5.10 Å². The van der Waals surface area contributed by atoms with Crippen molar-refractivity contribution in [1.82, 2.24) is 19.6 Å². The second kappa shape index (κ2) is 8.46. The molecular weight excluding hydrogens is 460 g/mol. The lowest BCUT2D eigenvalue weighted by Crippen LogP contribution is -2.15. The zero-order valence-electron chi connectivity index (χ0n) is 19.8. The summed E-state index contributed by atoms with van der Waals surface area (Å²) in [4.78, 5) is 9.43. The van der Waals surface area contributed by atoms with E-state index in [1.807, 2.05) is 48.5 Å². The van der Waals surface area contributed by atoms with E-state index in [2.05, 4.69) is 10.1 Å². The normalized spacial score (nSPS) is 14.0. The molecule has 0 aliphatic carbocycles. The highest BCUT2D eigenvalue weighted by atomic mass is 16.5. The maximum atomic E-state index is 10.1. The van der Waals surface area contributed by atoms with Crippen molar-refractivity contribution in [2.24, 2.45) is 0 Å². The molecular formula is C27H22N4O5. The van der Waals surface area contributed by atoms with Crippen LogP contribution in [0.25, 0.3) is 17.0 Å². The topological polar surface area (TPSA) is 100 Å². The average molecular weight is 482 g/mol. The lowest BCUT2D eigenvalue weighted by molar-refractivity contribution is 0.355. The zero-order chi connectivity index (χ0) is 24.8. The largest absolute Gasteiger partial charge is 0.508 e. The minimum absolute atomic E-state index is 0.116. The molecule has 9 heteroatoms. The number of aromatic hydroxyl groups is 1. The molecule has 5 aromatic rings. The van der Waals surface area contributed by atoms with Crippen LogP contribution in [-0.4, -0.2) is 46.0 Å². The minimum atomic E-state index is -0.256. The van der Waals surface area contributed by atoms with Crippen LogP contribution in [0.3, 0.4) is 0 Å². The van der Waals surface area contributed by atoms with E-state index in [-0.39, 0.29) is 11.7 Å². The van der Waals surface area contributed by atoms with Gasteiger partial charge in [0.15, 0.2) is 23.0 Å². The van der Waals surface area contributed by atoms with E-state index in [0.29, 0.717) is 34.6 Å². The number of fused-ring (bicyclic) bond motifs is 4. The second-order valence-corrected chi connectivity index (χ2v) is 8.27. The first-order valence-electron chi connectivity index (χ1n) is 11.2. The first kappa shape index (κ1) is 21.7. The molecule has 1 unspecified atom stereocenters. The van der Waals surface area contributed by atoms with Crippen molar-refractivity contribution < 1.29 is 24.1 Å². The molecule has 6 rings (SSSR count). The van der Waals surface area contributed by atoms with Crippen LogP contribution in [-0.2, 0) is 0 Å². The molecule has 180 valence electrons. The van der Waals surface area contributed by atoms with Crippen LogP contribution in [0.15, 0.2) is 67.0 Å². The second-order valence-electron chi connectivity index (χ2n) is 8.27. The van der Waals surface area contributed by atoms with Gasteiger partial charge >= 0.3 is 0 Å². The van der Waals surface area contributed by atoms with Gasteiger partial charge in [-0.2, -0.15) is 0 Å². The fraction of sp³-hybridized carbons (Fsp3) is 0.148. The maximum absolute atomic E-state index is 10.1. The smallest absolute Gasteiger partial charge is 0.228 e. The molecule has 0 saturated heterocycles. The predicted molar refractivity (Wildman–Crippen MR) is 131 cm³/mol. The van der Waals surface area contributed by atoms with E-state index in [4.69, 9.17) is 23.9 Å². The Morgan fingerprint density at radius 3 is 2.44 bits per heavy atom. The van der Waals surface area contributed by atoms with Crippen LogP contribution in [0.4, 0.5) is 0 Å². The number of rotatable bonds is 5. The summed E-state index contributed by atoms with van der Waals surface area (Å²) in [6.45, 7) is 0. The highest BCUT2D eigenvalue weighted by Gasteiger charge is 2.33. The Balaban J connectivity index is 1.55. The SMILES string of the molecule is COc1ccc(C2c3ccc(O)cc3Oc3ncn4nc(-c5ccc(OC)c(OC)c5)nc4c32)cc1. The quantitative estimate of drug-likeness (QED) is 0.374. The number of phenolic OH excluding ortho intramolecular Hbond substituents is 1. The van der Waals surface area contributed by atoms with Crippen LogP contribution in [0.1, 0.15) is 22.6 Å². The van der Waals surface area contributed by atoms with Gasteiger partial charge in [0.2, 0.25) is 5.88 Å². The van der Waals surface area contributed by atoms with Gasteiger partial charge in [-0.25, -0.2) is 14.5 Å². The molecule has 0 spiro atoms. The average Bonchev–Trinajstić information content (AvgIpc) is 3.36. The molecule has 0 amide bonds. The molecule has 3 aromatic carbocycles. The van der Waals surface area contributed by atoms with Gasteiger partial charge in [-0.3, -0.25) is 0 Å². The summed E-state index contributed by atoms with van der Waals surface area (Å²) >= 11 is 0. The standard InChI is InChI=1S/C27H22N4O5/c1-33-18-8-4-15(5-9-18)23-19-10-7-17(32)13-21(19)36-27-24(23)26-29-25(30-31(26)14-28-27)16-6-11-20(34-2)22(12-16)35-3/h4-14,23,32H,1-3H3. The molecule has 0 saturated carbocycles. The number of hydrogen-bond acceptors (Lipinski definition) is 8. The number of benzene rings is 3. The Kier molecular flexibility index (Phi) is 5.10. The van der Waals surface area contributed by atoms with E-state index >= 15 is 0 Å². The summed E-state index contributed by atoms with van der Waals surface area (Å²) in [5.74, 6) is 3.29. The number of nitrogens with zero attached hydrogens (tertiary/aromatic N) is 4. The molecule has 1 atom stereocenters. The lowest BCUT2D eigenvalue weighted by atomic mass is 9.84. The van der Waals surface area contributed by atoms with Crippen LogP contribution in [0.5, 0.6) is 34.6 Å². The highest BCUT2D eigenvalue weighted by Crippen LogP contribution is 2.49. The van der Waals surface area contributed by atoms with Gasteiger partial charge in [0, 0.05) is 23.1 Å². The molecule has 9 nitrogen and oxygen atoms in total. The van der Waals surface area contributed by atoms with Crippen molar-refractivity contribution in [3.8, 4) is 46.0 Å². The van der Waals surface area contributed by atoms with E-state index in [1.165, 1.54) is 0 Å². The summed E-state index contributed by atoms with van der Waals surface area (Å²) < 4.78 is 23.9. The van der Waals surface area contributed by atoms with Crippen molar-refractivity contribution in [3.63, 3.8) is 0 Å². The van der Waals surface area contributed by atoms with Crippen molar-refractivity contribution in [2.45, 2.75) is 5.92 Å². The van der Waals surface area contributed by atoms with Gasteiger partial charge in [-0.1, -0.05) is 18.2 Å². The number of hydrogen-bond donors (Lipinski definition) is 1. The number of methoxy groups -OCH3 is 3. The third kappa shape index (κ3) is 3.44. The third-order valence-electron chi connectivity index (χ3n) is 6.28. The molecule has 0 radical (unpaired) electrons. The predicted octanol–water partition coefficient (Wildman–Crippen LogP) is 4.81. The monoisotopic (exact) mass is 482 g/mol. The van der Waals surface area contributed by atoms with Gasteiger partial charge in [-0.05, 0) is 42.0 Å². The van der Waals surface area contributed by atoms with Crippen molar-refractivity contribution >= 4 is 5.65 Å². The Labute approximate surface area is 206 Å². The summed E-state index contributed by atoms with van der Waals surface area (Å²) in [5, 5.41) is 14.8. The number of aromatic nitrogens is 4. The Hall–Kier alpha value is -4.79. The molecule has 3 heterocycles. The summed E-state index contributed by atoms with van der Waals surface area (Å²) in [5.41, 5.74) is 4.05. The van der Waals surface area contributed by atoms with Crippen molar-refractivity contribution in [3.05, 3.63) is 83.7 Å². The molecule has 1 aliphatic rings. The van der Waals surface area contributed by atoms with E-state index < -0.39 is 0 Å². The van der Waals surface area contributed by atoms with E-state index in [1.54, 1.807) is 44.3 Å². The third-order valence-corrected chi connectivity index (χ3v) is 6.28. The van der Waals surface area contributed by atoms with Gasteiger partial charge in [0.1, 0.15) is 23.6 Å². The fourth-order valence-corrected chi connectivity index (χ4v) is 4.54. The van der Waals surface area contributed by atoms with Crippen molar-refractivity contribution in [1.29, 1.82) is 0 Å². The van der Waals surface area contributed by atoms with Gasteiger partial charge in [0.25, 0.3) is 0 Å². The Morgan fingerprint density at radius 1 is 0.889 bits per heavy atom. The van der Waals surface area contributed by atoms with Gasteiger partial charge < -0.3 is 24.1 Å². The molecule has 1 aliphatic heterocycles. The molecule has 0 fully saturated rings. The van der Waals surface area contributed by atoms with Crippen LogP contribution >= 0.6 is 0 Å². The Morgan fingerprint density at radius 2 is 1.69 bits per heavy atom. The van der Waals surface area contributed by atoms with Crippen LogP contribution < -0.4 is 18.9 Å². The molecule has 0 bridgehead atoms. The fourth-order valence-electron chi connectivity index (χ4n) is 4.54. The summed E-state index contributed by atoms with van der Waals surface area (Å²) in [6.07, 6.45) is 1.57. The highest BCUT2D eigenvalue weighted by molar-refractivity contribution is 5.69. The molecule has 2 aromatic heterocycles. The number of ether oxygens (including phenoxy) is 4. The molecule has 36 heavy (non-hydrogen) atoms. The Bertz CT molecular complexity index is 1600. The summed E-state index contributed by atoms with van der Waals surface area (Å²) in [7, 11) is 4.82. The first-order chi connectivity index (χ1) is 17.6. The van der Waals surface area contributed by atoms with Crippen molar-refractivity contribution in [2.75, 3.05) is 21.3 Å². The lowest BCUT2D eigenvalue weighted by Gasteiger charge is -2.28. The van der Waals surface area contributed by atoms with E-state index in [9.17, 15) is 5.11 Å². The maximum Gasteiger partial charge on any atom is 0.228 e. The first-order valence-corrected chi connectivity index (χ1v) is 11.2. The van der Waals surface area contributed by atoms with Crippen LogP contribution in [0, 0.1) is 0 Å². The molecule has 1 N–H and O–H groups in total.